The fourth-order valence-corrected chi connectivity index (χ4v) is 5.29. The second-order valence-electron chi connectivity index (χ2n) is 11.5. The number of hydrogen-bond acceptors (Lipinski definition) is 3. The second-order valence-corrected chi connectivity index (χ2v) is 11.5. The molecule has 0 aliphatic heterocycles. The maximum Gasteiger partial charge on any atom is 0.306 e. The van der Waals surface area contributed by atoms with Crippen molar-refractivity contribution in [3.63, 3.8) is 0 Å². The first kappa shape index (κ1) is 27.4. The molecule has 2 N–H and O–H groups in total. The van der Waals surface area contributed by atoms with Gasteiger partial charge in [0.15, 0.2) is 0 Å². The van der Waals surface area contributed by atoms with E-state index in [1.807, 2.05) is 0 Å². The van der Waals surface area contributed by atoms with Crippen LogP contribution in [0.3, 0.4) is 0 Å². The van der Waals surface area contributed by atoms with Crippen LogP contribution in [-0.4, -0.2) is 18.6 Å². The summed E-state index contributed by atoms with van der Waals surface area (Å²) in [5, 5.41) is 0. The predicted octanol–water partition coefficient (Wildman–Crippen LogP) is 7.12. The van der Waals surface area contributed by atoms with Crippen molar-refractivity contribution in [2.75, 3.05) is 6.54 Å². The number of carbonyl (C=O) groups excluding carboxylic acids is 1. The fraction of sp³-hybridized carbons (Fsp3) is 0.960. The Morgan fingerprint density at radius 1 is 0.893 bits per heavy atom. The Kier molecular flexibility index (Phi) is 12.0. The Morgan fingerprint density at radius 2 is 1.43 bits per heavy atom. The van der Waals surface area contributed by atoms with Gasteiger partial charge in [0.25, 0.3) is 0 Å². The molecule has 168 valence electrons. The molecule has 0 aliphatic carbocycles. The third-order valence-electron chi connectivity index (χ3n) is 5.94. The summed E-state index contributed by atoms with van der Waals surface area (Å²) in [6, 6.07) is 0. The lowest BCUT2D eigenvalue weighted by Gasteiger charge is -2.39. The summed E-state index contributed by atoms with van der Waals surface area (Å²) >= 11 is 0. The van der Waals surface area contributed by atoms with E-state index in [0.717, 1.165) is 19.3 Å². The van der Waals surface area contributed by atoms with Crippen molar-refractivity contribution in [2.45, 2.75) is 126 Å². The van der Waals surface area contributed by atoms with Gasteiger partial charge in [0, 0.05) is 6.42 Å². The summed E-state index contributed by atoms with van der Waals surface area (Å²) in [4.78, 5) is 12.4. The van der Waals surface area contributed by atoms with Gasteiger partial charge < -0.3 is 10.5 Å². The SMILES string of the molecule is CCCC(C)(C)CC(C)C(CC(C)(C)CC(C)(C)CCC)OC(=O)CCCN. The van der Waals surface area contributed by atoms with Gasteiger partial charge in [-0.3, -0.25) is 4.79 Å². The third kappa shape index (κ3) is 12.1. The topological polar surface area (TPSA) is 52.3 Å². The normalized spacial score (nSPS) is 15.4. The second kappa shape index (κ2) is 12.2. The van der Waals surface area contributed by atoms with Crippen molar-refractivity contribution in [2.24, 2.45) is 27.9 Å². The molecule has 0 bridgehead atoms. The van der Waals surface area contributed by atoms with Crippen LogP contribution in [0.2, 0.25) is 0 Å². The highest BCUT2D eigenvalue weighted by Crippen LogP contribution is 2.42. The van der Waals surface area contributed by atoms with Gasteiger partial charge in [-0.05, 0) is 67.2 Å². The maximum absolute atomic E-state index is 12.4. The van der Waals surface area contributed by atoms with Crippen LogP contribution in [0.15, 0.2) is 0 Å². The molecule has 0 aromatic rings. The highest BCUT2D eigenvalue weighted by atomic mass is 16.5. The molecule has 3 heteroatoms. The maximum atomic E-state index is 12.4. The third-order valence-corrected chi connectivity index (χ3v) is 5.94. The average molecular weight is 398 g/mol. The van der Waals surface area contributed by atoms with E-state index < -0.39 is 0 Å². The molecule has 0 spiro atoms. The van der Waals surface area contributed by atoms with Gasteiger partial charge in [-0.2, -0.15) is 0 Å². The van der Waals surface area contributed by atoms with Crippen LogP contribution < -0.4 is 5.73 Å². The Labute approximate surface area is 176 Å². The number of hydrogen-bond donors (Lipinski definition) is 1. The van der Waals surface area contributed by atoms with Crippen molar-refractivity contribution < 1.29 is 9.53 Å². The summed E-state index contributed by atoms with van der Waals surface area (Å²) in [5.41, 5.74) is 6.31. The molecule has 0 fully saturated rings. The minimum Gasteiger partial charge on any atom is -0.462 e. The van der Waals surface area contributed by atoms with Gasteiger partial charge >= 0.3 is 5.97 Å². The first-order valence-corrected chi connectivity index (χ1v) is 11.7. The number of esters is 1. The van der Waals surface area contributed by atoms with Crippen molar-refractivity contribution in [1.82, 2.24) is 0 Å². The fourth-order valence-electron chi connectivity index (χ4n) is 5.29. The first-order chi connectivity index (χ1) is 12.8. The Morgan fingerprint density at radius 3 is 1.93 bits per heavy atom. The minimum absolute atomic E-state index is 0.0196. The van der Waals surface area contributed by atoms with Crippen molar-refractivity contribution in [3.05, 3.63) is 0 Å². The molecular weight excluding hydrogens is 346 g/mol. The van der Waals surface area contributed by atoms with Crippen LogP contribution in [0.4, 0.5) is 0 Å². The lowest BCUT2D eigenvalue weighted by atomic mass is 9.68. The number of rotatable bonds is 15. The van der Waals surface area contributed by atoms with E-state index in [4.69, 9.17) is 10.5 Å². The zero-order valence-electron chi connectivity index (χ0n) is 20.6. The Bertz CT molecular complexity index is 440. The van der Waals surface area contributed by atoms with Crippen LogP contribution >= 0.6 is 0 Å². The molecule has 0 rings (SSSR count). The smallest absolute Gasteiger partial charge is 0.306 e. The van der Waals surface area contributed by atoms with Crippen LogP contribution in [0.5, 0.6) is 0 Å². The molecule has 2 atom stereocenters. The molecule has 0 saturated carbocycles. The zero-order chi connectivity index (χ0) is 22.0. The van der Waals surface area contributed by atoms with E-state index in [1.54, 1.807) is 0 Å². The molecule has 0 amide bonds. The van der Waals surface area contributed by atoms with Crippen molar-refractivity contribution >= 4 is 5.97 Å². The van der Waals surface area contributed by atoms with E-state index in [-0.39, 0.29) is 22.9 Å². The van der Waals surface area contributed by atoms with Crippen LogP contribution in [0, 0.1) is 22.2 Å². The Balaban J connectivity index is 5.27. The summed E-state index contributed by atoms with van der Waals surface area (Å²) in [6.45, 7) is 21.4. The number of nitrogens with two attached hydrogens (primary N) is 1. The molecule has 2 unspecified atom stereocenters. The van der Waals surface area contributed by atoms with E-state index in [0.29, 0.717) is 30.7 Å². The van der Waals surface area contributed by atoms with Crippen LogP contribution in [0.25, 0.3) is 0 Å². The molecular formula is C25H51NO2. The molecule has 0 heterocycles. The molecule has 0 aliphatic rings. The van der Waals surface area contributed by atoms with Crippen molar-refractivity contribution in [1.29, 1.82) is 0 Å². The molecule has 0 aromatic heterocycles. The number of ether oxygens (including phenoxy) is 1. The summed E-state index contributed by atoms with van der Waals surface area (Å²) < 4.78 is 6.05. The standard InChI is InChI=1S/C25H51NO2/c1-10-14-23(4,5)17-20(3)21(28-22(27)13-12-16-26)18-25(8,9)19-24(6,7)15-11-2/h20-21H,10-19,26H2,1-9H3. The van der Waals surface area contributed by atoms with Gasteiger partial charge in [0.1, 0.15) is 6.10 Å². The zero-order valence-corrected chi connectivity index (χ0v) is 20.6. The minimum atomic E-state index is -0.0841. The van der Waals surface area contributed by atoms with Crippen LogP contribution in [0.1, 0.15) is 120 Å². The van der Waals surface area contributed by atoms with E-state index in [2.05, 4.69) is 62.3 Å². The summed E-state index contributed by atoms with van der Waals surface area (Å²) in [5.74, 6) is 0.274. The monoisotopic (exact) mass is 397 g/mol. The average Bonchev–Trinajstić information content (AvgIpc) is 2.50. The lowest BCUT2D eigenvalue weighted by Crippen LogP contribution is -2.35. The van der Waals surface area contributed by atoms with Crippen molar-refractivity contribution in [3.8, 4) is 0 Å². The molecule has 0 saturated heterocycles. The largest absolute Gasteiger partial charge is 0.462 e. The highest BCUT2D eigenvalue weighted by molar-refractivity contribution is 5.69. The quantitative estimate of drug-likeness (QED) is 0.299. The van der Waals surface area contributed by atoms with E-state index in [9.17, 15) is 4.79 Å². The van der Waals surface area contributed by atoms with Gasteiger partial charge in [0.05, 0.1) is 0 Å². The van der Waals surface area contributed by atoms with E-state index in [1.165, 1.54) is 25.7 Å². The Hall–Kier alpha value is -0.570. The molecule has 0 aromatic carbocycles. The highest BCUT2D eigenvalue weighted by Gasteiger charge is 2.35. The number of carbonyl (C=O) groups is 1. The summed E-state index contributed by atoms with van der Waals surface area (Å²) in [7, 11) is 0. The first-order valence-electron chi connectivity index (χ1n) is 11.7. The van der Waals surface area contributed by atoms with Gasteiger partial charge in [-0.25, -0.2) is 0 Å². The van der Waals surface area contributed by atoms with Gasteiger partial charge in [-0.15, -0.1) is 0 Å². The molecule has 28 heavy (non-hydrogen) atoms. The van der Waals surface area contributed by atoms with Gasteiger partial charge in [-0.1, -0.05) is 75.2 Å². The van der Waals surface area contributed by atoms with Crippen LogP contribution in [-0.2, 0) is 9.53 Å². The van der Waals surface area contributed by atoms with Gasteiger partial charge in [0.2, 0.25) is 0 Å². The summed E-state index contributed by atoms with van der Waals surface area (Å²) in [6.07, 6.45) is 9.12. The predicted molar refractivity (Wildman–Crippen MR) is 122 cm³/mol. The molecule has 0 radical (unpaired) electrons. The molecule has 3 nitrogen and oxygen atoms in total. The lowest BCUT2D eigenvalue weighted by molar-refractivity contribution is -0.154. The van der Waals surface area contributed by atoms with E-state index >= 15 is 0 Å².